The van der Waals surface area contributed by atoms with Gasteiger partial charge in [-0.15, -0.1) is 0 Å². The summed E-state index contributed by atoms with van der Waals surface area (Å²) in [4.78, 5) is 18.9. The fourth-order valence-corrected chi connectivity index (χ4v) is 3.32. The largest absolute Gasteiger partial charge is 0.336 e. The van der Waals surface area contributed by atoms with Gasteiger partial charge >= 0.3 is 0 Å². The average molecular weight is 339 g/mol. The number of hydrogen-bond acceptors (Lipinski definition) is 3. The van der Waals surface area contributed by atoms with Crippen molar-refractivity contribution in [3.63, 3.8) is 0 Å². The monoisotopic (exact) mass is 339 g/mol. The molecule has 4 rings (SSSR count). The highest BCUT2D eigenvalue weighted by Gasteiger charge is 2.27. The van der Waals surface area contributed by atoms with E-state index in [2.05, 4.69) is 19.7 Å². The van der Waals surface area contributed by atoms with Gasteiger partial charge in [0.05, 0.1) is 29.8 Å². The van der Waals surface area contributed by atoms with Crippen LogP contribution in [0.3, 0.4) is 0 Å². The Hall–Kier alpha value is -2.96. The maximum atomic E-state index is 13.1. The maximum Gasteiger partial charge on any atom is 0.257 e. The van der Waals surface area contributed by atoms with Gasteiger partial charge < -0.3 is 9.47 Å². The molecule has 1 fully saturated rings. The number of carbonyl (C=O) groups is 1. The van der Waals surface area contributed by atoms with Gasteiger partial charge in [0, 0.05) is 31.0 Å². The molecule has 1 atom stereocenters. The van der Waals surface area contributed by atoms with E-state index in [9.17, 15) is 9.18 Å². The summed E-state index contributed by atoms with van der Waals surface area (Å²) in [7, 11) is 0. The molecule has 1 saturated heterocycles. The van der Waals surface area contributed by atoms with Crippen molar-refractivity contribution in [2.45, 2.75) is 18.9 Å². The van der Waals surface area contributed by atoms with E-state index in [1.807, 2.05) is 11.1 Å². The van der Waals surface area contributed by atoms with E-state index in [0.29, 0.717) is 17.8 Å². The second-order valence-electron chi connectivity index (χ2n) is 6.22. The number of halogens is 1. The zero-order valence-electron chi connectivity index (χ0n) is 13.6. The zero-order chi connectivity index (χ0) is 17.2. The summed E-state index contributed by atoms with van der Waals surface area (Å²) in [6.45, 7) is 1.36. The number of piperidine rings is 1. The number of aromatic amines is 1. The van der Waals surface area contributed by atoms with Crippen LogP contribution in [0.1, 0.15) is 29.2 Å². The van der Waals surface area contributed by atoms with E-state index in [-0.39, 0.29) is 17.8 Å². The second kappa shape index (κ2) is 6.51. The minimum absolute atomic E-state index is 0.0575. The minimum atomic E-state index is -0.310. The van der Waals surface area contributed by atoms with E-state index in [1.54, 1.807) is 30.9 Å². The predicted octanol–water partition coefficient (Wildman–Crippen LogP) is 2.89. The third-order valence-electron chi connectivity index (χ3n) is 4.63. The van der Waals surface area contributed by atoms with Crippen molar-refractivity contribution in [2.75, 3.05) is 13.1 Å². The summed E-state index contributed by atoms with van der Waals surface area (Å²) < 4.78 is 15.2. The Morgan fingerprint density at radius 3 is 2.88 bits per heavy atom. The highest BCUT2D eigenvalue weighted by molar-refractivity contribution is 5.99. The van der Waals surface area contributed by atoms with Gasteiger partial charge in [0.1, 0.15) is 5.82 Å². The van der Waals surface area contributed by atoms with Crippen molar-refractivity contribution in [3.05, 3.63) is 60.6 Å². The first-order valence-corrected chi connectivity index (χ1v) is 8.28. The standard InChI is InChI=1S/C18H18FN5O/c19-14-5-3-13(4-6-14)17-16(10-21-22-17)18(25)23-8-1-2-15(11-23)24-9-7-20-12-24/h3-7,9-10,12,15H,1-2,8,11H2,(H,21,22)/t15-/m0/s1. The van der Waals surface area contributed by atoms with Crippen LogP contribution in [0.5, 0.6) is 0 Å². The molecule has 1 N–H and O–H groups in total. The Labute approximate surface area is 144 Å². The normalized spacial score (nSPS) is 17.6. The fourth-order valence-electron chi connectivity index (χ4n) is 3.32. The van der Waals surface area contributed by atoms with Crippen LogP contribution in [-0.2, 0) is 0 Å². The number of imidazole rings is 1. The summed E-state index contributed by atoms with van der Waals surface area (Å²) in [5, 5.41) is 6.89. The van der Waals surface area contributed by atoms with Crippen LogP contribution in [0.4, 0.5) is 4.39 Å². The molecule has 25 heavy (non-hydrogen) atoms. The highest BCUT2D eigenvalue weighted by atomic mass is 19.1. The lowest BCUT2D eigenvalue weighted by Gasteiger charge is -2.33. The Bertz CT molecular complexity index is 856. The first kappa shape index (κ1) is 15.6. The van der Waals surface area contributed by atoms with Crippen LogP contribution in [0, 0.1) is 5.82 Å². The van der Waals surface area contributed by atoms with E-state index in [4.69, 9.17) is 0 Å². The maximum absolute atomic E-state index is 13.1. The molecule has 128 valence electrons. The Kier molecular flexibility index (Phi) is 4.05. The van der Waals surface area contributed by atoms with Gasteiger partial charge in [0.2, 0.25) is 0 Å². The molecular formula is C18H18FN5O. The number of aromatic nitrogens is 4. The van der Waals surface area contributed by atoms with Gasteiger partial charge in [0.25, 0.3) is 5.91 Å². The summed E-state index contributed by atoms with van der Waals surface area (Å²) in [5.41, 5.74) is 1.87. The lowest BCUT2D eigenvalue weighted by atomic mass is 10.0. The molecule has 0 radical (unpaired) electrons. The van der Waals surface area contributed by atoms with Crippen LogP contribution in [0.25, 0.3) is 11.3 Å². The molecule has 0 aliphatic carbocycles. The molecule has 0 unspecified atom stereocenters. The third-order valence-corrected chi connectivity index (χ3v) is 4.63. The molecule has 1 aliphatic rings. The van der Waals surface area contributed by atoms with E-state index >= 15 is 0 Å². The predicted molar refractivity (Wildman–Crippen MR) is 90.4 cm³/mol. The van der Waals surface area contributed by atoms with Gasteiger partial charge in [-0.25, -0.2) is 9.37 Å². The van der Waals surface area contributed by atoms with Gasteiger partial charge in [0.15, 0.2) is 0 Å². The summed E-state index contributed by atoms with van der Waals surface area (Å²) >= 11 is 0. The number of hydrogen-bond donors (Lipinski definition) is 1. The van der Waals surface area contributed by atoms with Gasteiger partial charge in [-0.3, -0.25) is 9.89 Å². The number of carbonyl (C=O) groups excluding carboxylic acids is 1. The van der Waals surface area contributed by atoms with Crippen LogP contribution < -0.4 is 0 Å². The summed E-state index contributed by atoms with van der Waals surface area (Å²) in [6, 6.07) is 6.27. The molecule has 2 aromatic heterocycles. The van der Waals surface area contributed by atoms with Crippen molar-refractivity contribution in [1.82, 2.24) is 24.6 Å². The second-order valence-corrected chi connectivity index (χ2v) is 6.22. The van der Waals surface area contributed by atoms with Crippen LogP contribution >= 0.6 is 0 Å². The molecule has 1 amide bonds. The number of amides is 1. The molecular weight excluding hydrogens is 321 g/mol. The third kappa shape index (κ3) is 3.05. The summed E-state index contributed by atoms with van der Waals surface area (Å²) in [6.07, 6.45) is 8.99. The lowest BCUT2D eigenvalue weighted by molar-refractivity contribution is 0.0680. The summed E-state index contributed by atoms with van der Waals surface area (Å²) in [5.74, 6) is -0.367. The first-order chi connectivity index (χ1) is 12.2. The number of benzene rings is 1. The SMILES string of the molecule is O=C(c1cn[nH]c1-c1ccc(F)cc1)N1CCC[C@H](n2ccnc2)C1. The minimum Gasteiger partial charge on any atom is -0.336 e. The van der Waals surface area contributed by atoms with Crippen molar-refractivity contribution in [3.8, 4) is 11.3 Å². The van der Waals surface area contributed by atoms with Gasteiger partial charge in [-0.1, -0.05) is 0 Å². The first-order valence-electron chi connectivity index (χ1n) is 8.28. The average Bonchev–Trinajstić information content (AvgIpc) is 3.34. The number of likely N-dealkylation sites (tertiary alicyclic amines) is 1. The van der Waals surface area contributed by atoms with Gasteiger partial charge in [-0.2, -0.15) is 5.10 Å². The van der Waals surface area contributed by atoms with Crippen LogP contribution in [-0.4, -0.2) is 43.6 Å². The molecule has 1 aliphatic heterocycles. The molecule has 0 spiro atoms. The Balaban J connectivity index is 1.57. The number of nitrogens with zero attached hydrogens (tertiary/aromatic N) is 4. The van der Waals surface area contributed by atoms with Crippen molar-refractivity contribution < 1.29 is 9.18 Å². The molecule has 0 saturated carbocycles. The van der Waals surface area contributed by atoms with Crippen molar-refractivity contribution in [1.29, 1.82) is 0 Å². The molecule has 3 aromatic rings. The molecule has 1 aromatic carbocycles. The molecule has 0 bridgehead atoms. The number of nitrogens with one attached hydrogen (secondary N) is 1. The Morgan fingerprint density at radius 2 is 2.12 bits per heavy atom. The van der Waals surface area contributed by atoms with Crippen LogP contribution in [0.15, 0.2) is 49.2 Å². The highest BCUT2D eigenvalue weighted by Crippen LogP contribution is 2.26. The van der Waals surface area contributed by atoms with Crippen molar-refractivity contribution in [2.24, 2.45) is 0 Å². The van der Waals surface area contributed by atoms with Crippen molar-refractivity contribution >= 4 is 5.91 Å². The molecule has 7 heteroatoms. The lowest BCUT2D eigenvalue weighted by Crippen LogP contribution is -2.40. The smallest absolute Gasteiger partial charge is 0.257 e. The van der Waals surface area contributed by atoms with E-state index in [0.717, 1.165) is 24.9 Å². The van der Waals surface area contributed by atoms with E-state index < -0.39 is 0 Å². The topological polar surface area (TPSA) is 66.8 Å². The number of rotatable bonds is 3. The Morgan fingerprint density at radius 1 is 1.28 bits per heavy atom. The number of H-pyrrole nitrogens is 1. The van der Waals surface area contributed by atoms with E-state index in [1.165, 1.54) is 12.1 Å². The molecule has 6 nitrogen and oxygen atoms in total. The molecule has 3 heterocycles. The van der Waals surface area contributed by atoms with Gasteiger partial charge in [-0.05, 0) is 37.1 Å². The fraction of sp³-hybridized carbons (Fsp3) is 0.278. The zero-order valence-corrected chi connectivity index (χ0v) is 13.6. The van der Waals surface area contributed by atoms with Crippen LogP contribution in [0.2, 0.25) is 0 Å². The quantitative estimate of drug-likeness (QED) is 0.798.